The number of benzene rings is 2. The molecule has 128 valence electrons. The van der Waals surface area contributed by atoms with Gasteiger partial charge in [0, 0.05) is 18.8 Å². The minimum Gasteiger partial charge on any atom is -0.497 e. The number of anilines is 1. The van der Waals surface area contributed by atoms with E-state index in [1.807, 2.05) is 42.5 Å². The summed E-state index contributed by atoms with van der Waals surface area (Å²) in [6.07, 6.45) is 0.864. The summed E-state index contributed by atoms with van der Waals surface area (Å²) in [7, 11) is 1.62. The lowest BCUT2D eigenvalue weighted by molar-refractivity contribution is -0.117. The molecule has 0 aromatic heterocycles. The number of nitrogens with two attached hydrogens (primary N) is 1. The first-order chi connectivity index (χ1) is 11.7. The summed E-state index contributed by atoms with van der Waals surface area (Å²) in [6.45, 7) is 2.48. The van der Waals surface area contributed by atoms with E-state index in [4.69, 9.17) is 10.5 Å². The fourth-order valence-corrected chi connectivity index (χ4v) is 2.45. The molecular formula is C19H25N3O2. The van der Waals surface area contributed by atoms with E-state index < -0.39 is 0 Å². The zero-order valence-corrected chi connectivity index (χ0v) is 14.1. The van der Waals surface area contributed by atoms with Crippen LogP contribution in [0.2, 0.25) is 0 Å². The second-order valence-corrected chi connectivity index (χ2v) is 5.62. The smallest absolute Gasteiger partial charge is 0.238 e. The highest BCUT2D eigenvalue weighted by Crippen LogP contribution is 2.15. The van der Waals surface area contributed by atoms with Gasteiger partial charge in [-0.3, -0.25) is 9.69 Å². The van der Waals surface area contributed by atoms with Crippen molar-refractivity contribution in [1.82, 2.24) is 4.90 Å². The van der Waals surface area contributed by atoms with E-state index in [0.717, 1.165) is 30.9 Å². The number of rotatable bonds is 9. The van der Waals surface area contributed by atoms with E-state index in [1.165, 1.54) is 5.56 Å². The third-order valence-electron chi connectivity index (χ3n) is 3.67. The summed E-state index contributed by atoms with van der Waals surface area (Å²) in [5, 5.41) is 2.92. The second-order valence-electron chi connectivity index (χ2n) is 5.62. The van der Waals surface area contributed by atoms with Gasteiger partial charge in [0.15, 0.2) is 0 Å². The maximum atomic E-state index is 12.3. The Morgan fingerprint density at radius 1 is 1.12 bits per heavy atom. The van der Waals surface area contributed by atoms with Crippen molar-refractivity contribution < 1.29 is 9.53 Å². The molecule has 0 heterocycles. The average Bonchev–Trinajstić information content (AvgIpc) is 2.61. The Kier molecular flexibility index (Phi) is 7.26. The standard InChI is InChI=1S/C19H25N3O2/c1-24-18-10-8-17(9-11-18)21-19(23)15-22(13-5-12-20)14-16-6-3-2-4-7-16/h2-4,6-11H,5,12-15,20H2,1H3,(H,21,23). The lowest BCUT2D eigenvalue weighted by atomic mass is 10.2. The Balaban J connectivity index is 1.92. The summed E-state index contributed by atoms with van der Waals surface area (Å²) in [5.41, 5.74) is 7.56. The molecule has 0 unspecified atom stereocenters. The van der Waals surface area contributed by atoms with Crippen LogP contribution in [0, 0.1) is 0 Å². The molecule has 2 aromatic rings. The van der Waals surface area contributed by atoms with Crippen LogP contribution in [0.5, 0.6) is 5.75 Å². The molecule has 2 aromatic carbocycles. The van der Waals surface area contributed by atoms with Gasteiger partial charge in [0.2, 0.25) is 5.91 Å². The van der Waals surface area contributed by atoms with E-state index in [0.29, 0.717) is 13.1 Å². The molecule has 5 heteroatoms. The normalized spacial score (nSPS) is 10.6. The minimum atomic E-state index is -0.0341. The first-order valence-electron chi connectivity index (χ1n) is 8.11. The average molecular weight is 327 g/mol. The number of hydrogen-bond acceptors (Lipinski definition) is 4. The number of hydrogen-bond donors (Lipinski definition) is 2. The molecule has 0 radical (unpaired) electrons. The predicted molar refractivity (Wildman–Crippen MR) is 97.0 cm³/mol. The van der Waals surface area contributed by atoms with Crippen LogP contribution < -0.4 is 15.8 Å². The number of nitrogens with one attached hydrogen (secondary N) is 1. The number of carbonyl (C=O) groups is 1. The Labute approximate surface area is 143 Å². The lowest BCUT2D eigenvalue weighted by Gasteiger charge is -2.21. The number of methoxy groups -OCH3 is 1. The van der Waals surface area contributed by atoms with E-state index >= 15 is 0 Å². The van der Waals surface area contributed by atoms with Crippen LogP contribution in [0.25, 0.3) is 0 Å². The van der Waals surface area contributed by atoms with Gasteiger partial charge >= 0.3 is 0 Å². The van der Waals surface area contributed by atoms with Crippen LogP contribution in [-0.2, 0) is 11.3 Å². The van der Waals surface area contributed by atoms with Crippen LogP contribution in [0.15, 0.2) is 54.6 Å². The van der Waals surface area contributed by atoms with E-state index in [2.05, 4.69) is 22.3 Å². The van der Waals surface area contributed by atoms with Gasteiger partial charge in [0.05, 0.1) is 13.7 Å². The van der Waals surface area contributed by atoms with Gasteiger partial charge < -0.3 is 15.8 Å². The van der Waals surface area contributed by atoms with Crippen molar-refractivity contribution in [2.24, 2.45) is 5.73 Å². The van der Waals surface area contributed by atoms with Gasteiger partial charge in [-0.1, -0.05) is 30.3 Å². The van der Waals surface area contributed by atoms with Crippen LogP contribution >= 0.6 is 0 Å². The van der Waals surface area contributed by atoms with E-state index in [-0.39, 0.29) is 5.91 Å². The fourth-order valence-electron chi connectivity index (χ4n) is 2.45. The largest absolute Gasteiger partial charge is 0.497 e. The molecule has 0 aliphatic heterocycles. The first kappa shape index (κ1) is 18.0. The van der Waals surface area contributed by atoms with Crippen LogP contribution in [-0.4, -0.2) is 37.6 Å². The Morgan fingerprint density at radius 2 is 1.83 bits per heavy atom. The molecule has 0 aliphatic carbocycles. The van der Waals surface area contributed by atoms with Gasteiger partial charge in [0.1, 0.15) is 5.75 Å². The van der Waals surface area contributed by atoms with Gasteiger partial charge in [0.25, 0.3) is 0 Å². The predicted octanol–water partition coefficient (Wildman–Crippen LogP) is 2.48. The van der Waals surface area contributed by atoms with Crippen LogP contribution in [0.1, 0.15) is 12.0 Å². The van der Waals surface area contributed by atoms with Crippen LogP contribution in [0.3, 0.4) is 0 Å². The third kappa shape index (κ3) is 6.02. The quantitative estimate of drug-likeness (QED) is 0.742. The minimum absolute atomic E-state index is 0.0341. The molecule has 0 spiro atoms. The van der Waals surface area contributed by atoms with E-state index in [9.17, 15) is 4.79 Å². The van der Waals surface area contributed by atoms with Crippen molar-refractivity contribution in [3.05, 3.63) is 60.2 Å². The number of carbonyl (C=O) groups excluding carboxylic acids is 1. The molecule has 0 bridgehead atoms. The maximum absolute atomic E-state index is 12.3. The molecule has 24 heavy (non-hydrogen) atoms. The van der Waals surface area contributed by atoms with Gasteiger partial charge in [-0.15, -0.1) is 0 Å². The highest BCUT2D eigenvalue weighted by Gasteiger charge is 2.11. The molecule has 0 saturated carbocycles. The summed E-state index contributed by atoms with van der Waals surface area (Å²) < 4.78 is 5.12. The molecule has 2 rings (SSSR count). The van der Waals surface area contributed by atoms with Gasteiger partial charge in [-0.25, -0.2) is 0 Å². The van der Waals surface area contributed by atoms with Crippen molar-refractivity contribution in [3.63, 3.8) is 0 Å². The fraction of sp³-hybridized carbons (Fsp3) is 0.316. The number of ether oxygens (including phenoxy) is 1. The first-order valence-corrected chi connectivity index (χ1v) is 8.11. The van der Waals surface area contributed by atoms with Crippen molar-refractivity contribution >= 4 is 11.6 Å². The number of amides is 1. The maximum Gasteiger partial charge on any atom is 0.238 e. The summed E-state index contributed by atoms with van der Waals surface area (Å²) in [5.74, 6) is 0.731. The molecule has 0 fully saturated rings. The van der Waals surface area contributed by atoms with Crippen molar-refractivity contribution in [1.29, 1.82) is 0 Å². The molecule has 0 aliphatic rings. The van der Waals surface area contributed by atoms with E-state index in [1.54, 1.807) is 7.11 Å². The Hall–Kier alpha value is -2.37. The van der Waals surface area contributed by atoms with Gasteiger partial charge in [-0.05, 0) is 42.8 Å². The van der Waals surface area contributed by atoms with Crippen molar-refractivity contribution in [2.75, 3.05) is 32.1 Å². The number of nitrogens with zero attached hydrogens (tertiary/aromatic N) is 1. The topological polar surface area (TPSA) is 67.6 Å². The highest BCUT2D eigenvalue weighted by atomic mass is 16.5. The summed E-state index contributed by atoms with van der Waals surface area (Å²) in [6, 6.07) is 17.5. The SMILES string of the molecule is COc1ccc(NC(=O)CN(CCCN)Cc2ccccc2)cc1. The molecule has 0 saturated heterocycles. The highest BCUT2D eigenvalue weighted by molar-refractivity contribution is 5.92. The van der Waals surface area contributed by atoms with Gasteiger partial charge in [-0.2, -0.15) is 0 Å². The summed E-state index contributed by atoms with van der Waals surface area (Å²) in [4.78, 5) is 14.4. The summed E-state index contributed by atoms with van der Waals surface area (Å²) >= 11 is 0. The van der Waals surface area contributed by atoms with Crippen LogP contribution in [0.4, 0.5) is 5.69 Å². The van der Waals surface area contributed by atoms with Crippen molar-refractivity contribution in [2.45, 2.75) is 13.0 Å². The zero-order valence-electron chi connectivity index (χ0n) is 14.1. The Morgan fingerprint density at radius 3 is 2.46 bits per heavy atom. The molecule has 1 amide bonds. The Bertz CT molecular complexity index is 614. The van der Waals surface area contributed by atoms with Crippen molar-refractivity contribution in [3.8, 4) is 5.75 Å². The molecule has 0 atom stereocenters. The third-order valence-corrected chi connectivity index (χ3v) is 3.67. The lowest BCUT2D eigenvalue weighted by Crippen LogP contribution is -2.34. The molecule has 5 nitrogen and oxygen atoms in total. The molecule has 3 N–H and O–H groups in total. The monoisotopic (exact) mass is 327 g/mol. The molecular weight excluding hydrogens is 302 g/mol. The zero-order chi connectivity index (χ0) is 17.2. The second kappa shape index (κ2) is 9.70.